The Hall–Kier alpha value is -0.370. The van der Waals surface area contributed by atoms with Crippen molar-refractivity contribution in [3.63, 3.8) is 0 Å². The number of halogens is 1. The first-order valence-electron chi connectivity index (χ1n) is 4.17. The lowest BCUT2D eigenvalue weighted by Crippen LogP contribution is -1.97. The van der Waals surface area contributed by atoms with Crippen molar-refractivity contribution in [3.05, 3.63) is 29.1 Å². The Balaban J connectivity index is 3.02. The van der Waals surface area contributed by atoms with Crippen molar-refractivity contribution in [1.29, 1.82) is 0 Å². The third kappa shape index (κ3) is 2.07. The molecule has 0 atom stereocenters. The van der Waals surface area contributed by atoms with Gasteiger partial charge >= 0.3 is 0 Å². The van der Waals surface area contributed by atoms with E-state index >= 15 is 0 Å². The molecule has 0 aromatic carbocycles. The zero-order valence-corrected chi connectivity index (χ0v) is 9.35. The molecule has 1 nitrogen and oxygen atoms in total. The molecule has 0 bridgehead atoms. The molecular formula is C10H14BrN. The minimum Gasteiger partial charge on any atom is -0.258 e. The topological polar surface area (TPSA) is 12.9 Å². The van der Waals surface area contributed by atoms with Crippen LogP contribution in [0.25, 0.3) is 0 Å². The van der Waals surface area contributed by atoms with Gasteiger partial charge in [-0.15, -0.1) is 0 Å². The zero-order valence-electron chi connectivity index (χ0n) is 7.76. The van der Waals surface area contributed by atoms with Crippen LogP contribution in [0.1, 0.15) is 36.7 Å². The second-order valence-corrected chi connectivity index (χ2v) is 3.83. The lowest BCUT2D eigenvalue weighted by atomic mass is 10.1. The molecule has 1 aromatic rings. The Morgan fingerprint density at radius 2 is 2.08 bits per heavy atom. The molecule has 0 aliphatic heterocycles. The maximum atomic E-state index is 4.51. The molecule has 0 spiro atoms. The van der Waals surface area contributed by atoms with Crippen LogP contribution in [0.3, 0.4) is 0 Å². The minimum atomic E-state index is 0.521. The average molecular weight is 228 g/mol. The van der Waals surface area contributed by atoms with E-state index in [9.17, 15) is 0 Å². The van der Waals surface area contributed by atoms with Crippen LogP contribution < -0.4 is 0 Å². The number of aromatic nitrogens is 1. The fourth-order valence-corrected chi connectivity index (χ4v) is 1.66. The van der Waals surface area contributed by atoms with Gasteiger partial charge in [0.05, 0.1) is 0 Å². The smallest absolute Gasteiger partial charge is 0.0432 e. The maximum absolute atomic E-state index is 4.51. The van der Waals surface area contributed by atoms with E-state index in [1.807, 2.05) is 0 Å². The van der Waals surface area contributed by atoms with Gasteiger partial charge in [-0.2, -0.15) is 0 Å². The second-order valence-electron chi connectivity index (χ2n) is 3.27. The van der Waals surface area contributed by atoms with E-state index in [2.05, 4.69) is 53.8 Å². The van der Waals surface area contributed by atoms with Crippen LogP contribution in [0.5, 0.6) is 0 Å². The lowest BCUT2D eigenvalue weighted by molar-refractivity contribution is 0.812. The van der Waals surface area contributed by atoms with Crippen molar-refractivity contribution >= 4 is 15.9 Å². The predicted molar refractivity (Wildman–Crippen MR) is 55.7 cm³/mol. The van der Waals surface area contributed by atoms with Crippen molar-refractivity contribution < 1.29 is 0 Å². The third-order valence-electron chi connectivity index (χ3n) is 1.95. The highest BCUT2D eigenvalue weighted by atomic mass is 79.9. The third-order valence-corrected chi connectivity index (χ3v) is 2.56. The monoisotopic (exact) mass is 227 g/mol. The summed E-state index contributed by atoms with van der Waals surface area (Å²) in [6, 6.07) is 4.25. The number of pyridine rings is 1. The molecule has 0 radical (unpaired) electrons. The molecule has 0 saturated carbocycles. The summed E-state index contributed by atoms with van der Waals surface area (Å²) in [5.41, 5.74) is 3.59. The van der Waals surface area contributed by atoms with Crippen LogP contribution in [0.15, 0.2) is 12.1 Å². The van der Waals surface area contributed by atoms with Gasteiger partial charge in [-0.1, -0.05) is 35.8 Å². The molecule has 1 heterocycles. The molecule has 0 aliphatic carbocycles. The number of hydrogen-bond donors (Lipinski definition) is 0. The summed E-state index contributed by atoms with van der Waals surface area (Å²) >= 11 is 3.43. The summed E-state index contributed by atoms with van der Waals surface area (Å²) in [7, 11) is 0. The zero-order chi connectivity index (χ0) is 9.14. The van der Waals surface area contributed by atoms with Crippen molar-refractivity contribution in [3.8, 4) is 0 Å². The van der Waals surface area contributed by atoms with Gasteiger partial charge < -0.3 is 0 Å². The predicted octanol–water partition coefficient (Wildman–Crippen LogP) is 3.41. The van der Waals surface area contributed by atoms with E-state index in [4.69, 9.17) is 0 Å². The maximum Gasteiger partial charge on any atom is 0.0432 e. The van der Waals surface area contributed by atoms with E-state index in [-0.39, 0.29) is 0 Å². The first-order chi connectivity index (χ1) is 5.65. The van der Waals surface area contributed by atoms with Gasteiger partial charge in [-0.3, -0.25) is 4.98 Å². The highest BCUT2D eigenvalue weighted by Crippen LogP contribution is 2.15. The molecule has 0 amide bonds. The molecular weight excluding hydrogens is 214 g/mol. The molecule has 12 heavy (non-hydrogen) atoms. The molecule has 0 unspecified atom stereocenters. The van der Waals surface area contributed by atoms with Crippen molar-refractivity contribution in [1.82, 2.24) is 4.98 Å². The summed E-state index contributed by atoms with van der Waals surface area (Å²) < 4.78 is 0. The Morgan fingerprint density at radius 1 is 1.42 bits per heavy atom. The Bertz CT molecular complexity index is 269. The van der Waals surface area contributed by atoms with E-state index in [0.29, 0.717) is 5.92 Å². The van der Waals surface area contributed by atoms with E-state index in [1.54, 1.807) is 0 Å². The number of hydrogen-bond acceptors (Lipinski definition) is 1. The second kappa shape index (κ2) is 4.04. The standard InChI is InChI=1S/C10H14BrN/c1-7(2)10-5-4-9(6-11)8(3)12-10/h4-5,7H,6H2,1-3H3. The van der Waals surface area contributed by atoms with Crippen LogP contribution in [-0.2, 0) is 5.33 Å². The van der Waals surface area contributed by atoms with Gasteiger partial charge in [0.25, 0.3) is 0 Å². The average Bonchev–Trinajstić information content (AvgIpc) is 2.04. The molecule has 0 aliphatic rings. The van der Waals surface area contributed by atoms with Gasteiger partial charge in [0.15, 0.2) is 0 Å². The molecule has 2 heteroatoms. The highest BCUT2D eigenvalue weighted by molar-refractivity contribution is 9.08. The Labute approximate surface area is 82.3 Å². The summed E-state index contributed by atoms with van der Waals surface area (Å²) in [5.74, 6) is 0.521. The van der Waals surface area contributed by atoms with Gasteiger partial charge in [0, 0.05) is 16.7 Å². The van der Waals surface area contributed by atoms with Crippen LogP contribution in [-0.4, -0.2) is 4.98 Å². The first kappa shape index (κ1) is 9.72. The fourth-order valence-electron chi connectivity index (χ4n) is 1.07. The molecule has 0 fully saturated rings. The largest absolute Gasteiger partial charge is 0.258 e. The Kier molecular flexibility index (Phi) is 3.27. The molecule has 0 saturated heterocycles. The van der Waals surface area contributed by atoms with Crippen molar-refractivity contribution in [2.75, 3.05) is 0 Å². The SMILES string of the molecule is Cc1nc(C(C)C)ccc1CBr. The summed E-state index contributed by atoms with van der Waals surface area (Å²) in [4.78, 5) is 4.51. The van der Waals surface area contributed by atoms with Gasteiger partial charge in [-0.25, -0.2) is 0 Å². The van der Waals surface area contributed by atoms with E-state index in [1.165, 1.54) is 11.3 Å². The lowest BCUT2D eigenvalue weighted by Gasteiger charge is -2.07. The van der Waals surface area contributed by atoms with E-state index < -0.39 is 0 Å². The highest BCUT2D eigenvalue weighted by Gasteiger charge is 2.03. The quantitative estimate of drug-likeness (QED) is 0.707. The minimum absolute atomic E-state index is 0.521. The molecule has 66 valence electrons. The molecule has 0 N–H and O–H groups in total. The Morgan fingerprint density at radius 3 is 2.50 bits per heavy atom. The summed E-state index contributed by atoms with van der Waals surface area (Å²) in [6.07, 6.45) is 0. The fraction of sp³-hybridized carbons (Fsp3) is 0.500. The van der Waals surface area contributed by atoms with Gasteiger partial charge in [0.2, 0.25) is 0 Å². The molecule has 1 rings (SSSR count). The van der Waals surface area contributed by atoms with Crippen LogP contribution in [0.4, 0.5) is 0 Å². The van der Waals surface area contributed by atoms with Crippen LogP contribution in [0.2, 0.25) is 0 Å². The van der Waals surface area contributed by atoms with Gasteiger partial charge in [0.1, 0.15) is 0 Å². The summed E-state index contributed by atoms with van der Waals surface area (Å²) in [6.45, 7) is 6.38. The van der Waals surface area contributed by atoms with Crippen LogP contribution in [0, 0.1) is 6.92 Å². The summed E-state index contributed by atoms with van der Waals surface area (Å²) in [5, 5.41) is 0.893. The normalized spacial score (nSPS) is 10.8. The molecule has 1 aromatic heterocycles. The number of rotatable bonds is 2. The number of alkyl halides is 1. The first-order valence-corrected chi connectivity index (χ1v) is 5.29. The van der Waals surface area contributed by atoms with Crippen molar-refractivity contribution in [2.24, 2.45) is 0 Å². The number of nitrogens with zero attached hydrogens (tertiary/aromatic N) is 1. The van der Waals surface area contributed by atoms with Crippen molar-refractivity contribution in [2.45, 2.75) is 32.0 Å². The number of aryl methyl sites for hydroxylation is 1. The van der Waals surface area contributed by atoms with E-state index in [0.717, 1.165) is 11.0 Å². The van der Waals surface area contributed by atoms with Crippen LogP contribution >= 0.6 is 15.9 Å². The van der Waals surface area contributed by atoms with Gasteiger partial charge in [-0.05, 0) is 24.5 Å².